The normalized spacial score (nSPS) is 15.4. The molecule has 1 N–H and O–H groups in total. The zero-order valence-corrected chi connectivity index (χ0v) is 24.5. The van der Waals surface area contributed by atoms with Crippen LogP contribution < -0.4 is 10.1 Å². The molecule has 2 amide bonds. The molecule has 2 aromatic heterocycles. The third kappa shape index (κ3) is 7.17. The van der Waals surface area contributed by atoms with Gasteiger partial charge in [0, 0.05) is 20.6 Å². The molecule has 1 saturated heterocycles. The summed E-state index contributed by atoms with van der Waals surface area (Å²) in [5, 5.41) is 13.7. The van der Waals surface area contributed by atoms with E-state index in [1.165, 1.54) is 16.7 Å². The first-order chi connectivity index (χ1) is 19.4. The van der Waals surface area contributed by atoms with Gasteiger partial charge in [0.2, 0.25) is 0 Å². The first-order valence-corrected chi connectivity index (χ1v) is 14.6. The van der Waals surface area contributed by atoms with Crippen molar-refractivity contribution in [3.05, 3.63) is 110 Å². The van der Waals surface area contributed by atoms with Crippen LogP contribution in [0.4, 0.5) is 5.69 Å². The topological polar surface area (TPSA) is 96.5 Å². The highest BCUT2D eigenvalue weighted by molar-refractivity contribution is 9.10. The SMILES string of the molecule is Cc1ccc(NC(=O)COc2ccc(Br)cc2/C=C2\S/C(=N/N=C\c3cccs3)N(Cc3ccco3)C2=O)cc1. The number of hydrogen-bond donors (Lipinski definition) is 1. The van der Waals surface area contributed by atoms with Gasteiger partial charge in [-0.2, -0.15) is 5.10 Å². The van der Waals surface area contributed by atoms with Crippen LogP contribution >= 0.6 is 39.0 Å². The lowest BCUT2D eigenvalue weighted by molar-refractivity contribution is -0.122. The van der Waals surface area contributed by atoms with Gasteiger partial charge in [-0.05, 0) is 78.7 Å². The van der Waals surface area contributed by atoms with E-state index in [1.807, 2.05) is 60.8 Å². The van der Waals surface area contributed by atoms with E-state index in [1.54, 1.807) is 48.1 Å². The van der Waals surface area contributed by atoms with Crippen LogP contribution in [-0.4, -0.2) is 34.7 Å². The van der Waals surface area contributed by atoms with Gasteiger partial charge in [0.1, 0.15) is 11.5 Å². The van der Waals surface area contributed by atoms with Gasteiger partial charge in [0.05, 0.1) is 23.9 Å². The summed E-state index contributed by atoms with van der Waals surface area (Å²) in [6.07, 6.45) is 4.94. The average Bonchev–Trinajstić information content (AvgIpc) is 3.70. The summed E-state index contributed by atoms with van der Waals surface area (Å²) >= 11 is 6.24. The smallest absolute Gasteiger partial charge is 0.267 e. The van der Waals surface area contributed by atoms with E-state index >= 15 is 0 Å². The first-order valence-electron chi connectivity index (χ1n) is 12.1. The minimum atomic E-state index is -0.292. The molecule has 4 aromatic rings. The van der Waals surface area contributed by atoms with Crippen LogP contribution in [0.5, 0.6) is 5.75 Å². The number of benzene rings is 2. The van der Waals surface area contributed by atoms with E-state index in [-0.39, 0.29) is 25.0 Å². The van der Waals surface area contributed by atoms with Gasteiger partial charge in [-0.3, -0.25) is 14.5 Å². The van der Waals surface area contributed by atoms with Gasteiger partial charge in [0.25, 0.3) is 11.8 Å². The number of aryl methyl sites for hydroxylation is 1. The van der Waals surface area contributed by atoms with Crippen molar-refractivity contribution in [2.45, 2.75) is 13.5 Å². The van der Waals surface area contributed by atoms with Crippen LogP contribution in [0, 0.1) is 6.92 Å². The number of anilines is 1. The van der Waals surface area contributed by atoms with Crippen LogP contribution in [0.15, 0.2) is 102 Å². The number of ether oxygens (including phenoxy) is 1. The fraction of sp³-hybridized carbons (Fsp3) is 0.103. The largest absolute Gasteiger partial charge is 0.483 e. The number of nitrogens with one attached hydrogen (secondary N) is 1. The van der Waals surface area contributed by atoms with Crippen molar-refractivity contribution >= 4 is 74.0 Å². The van der Waals surface area contributed by atoms with Crippen molar-refractivity contribution in [1.82, 2.24) is 4.90 Å². The van der Waals surface area contributed by atoms with E-state index < -0.39 is 0 Å². The number of hydrogen-bond acceptors (Lipinski definition) is 8. The van der Waals surface area contributed by atoms with Crippen LogP contribution in [0.3, 0.4) is 0 Å². The summed E-state index contributed by atoms with van der Waals surface area (Å²) in [5.74, 6) is 0.548. The maximum Gasteiger partial charge on any atom is 0.267 e. The second kappa shape index (κ2) is 12.9. The maximum absolute atomic E-state index is 13.5. The van der Waals surface area contributed by atoms with Crippen LogP contribution in [0.2, 0.25) is 0 Å². The number of carbonyl (C=O) groups excluding carboxylic acids is 2. The fourth-order valence-electron chi connectivity index (χ4n) is 3.66. The number of rotatable bonds is 9. The Labute approximate surface area is 247 Å². The predicted octanol–water partition coefficient (Wildman–Crippen LogP) is 6.94. The molecular weight excluding hydrogens is 612 g/mol. The molecule has 202 valence electrons. The predicted molar refractivity (Wildman–Crippen MR) is 164 cm³/mol. The van der Waals surface area contributed by atoms with Gasteiger partial charge >= 0.3 is 0 Å². The molecule has 1 fully saturated rings. The average molecular weight is 636 g/mol. The molecule has 2 aromatic carbocycles. The molecule has 0 unspecified atom stereocenters. The summed E-state index contributed by atoms with van der Waals surface area (Å²) in [6, 6.07) is 20.3. The minimum Gasteiger partial charge on any atom is -0.483 e. The Hall–Kier alpha value is -3.93. The summed E-state index contributed by atoms with van der Waals surface area (Å²) < 4.78 is 12.1. The number of thiophene rings is 1. The van der Waals surface area contributed by atoms with E-state index in [4.69, 9.17) is 9.15 Å². The van der Waals surface area contributed by atoms with Gasteiger partial charge in [-0.1, -0.05) is 39.7 Å². The van der Waals surface area contributed by atoms with Crippen LogP contribution in [0.1, 0.15) is 21.8 Å². The Kier molecular flexibility index (Phi) is 8.94. The molecule has 1 aliphatic rings. The monoisotopic (exact) mass is 634 g/mol. The molecular formula is C29H23BrN4O4S2. The summed E-state index contributed by atoms with van der Waals surface area (Å²) in [7, 11) is 0. The Morgan fingerprint density at radius 3 is 2.75 bits per heavy atom. The van der Waals surface area contributed by atoms with Crippen molar-refractivity contribution in [2.24, 2.45) is 10.2 Å². The number of nitrogens with zero attached hydrogens (tertiary/aromatic N) is 3. The molecule has 0 aliphatic carbocycles. The lowest BCUT2D eigenvalue weighted by Gasteiger charge is -2.13. The zero-order chi connectivity index (χ0) is 27.9. The molecule has 3 heterocycles. The second-order valence-electron chi connectivity index (χ2n) is 8.61. The highest BCUT2D eigenvalue weighted by Crippen LogP contribution is 2.36. The van der Waals surface area contributed by atoms with Crippen molar-refractivity contribution < 1.29 is 18.7 Å². The summed E-state index contributed by atoms with van der Waals surface area (Å²) in [4.78, 5) is 28.9. The fourth-order valence-corrected chi connectivity index (χ4v) is 5.55. The molecule has 8 nitrogen and oxygen atoms in total. The Morgan fingerprint density at radius 2 is 2.00 bits per heavy atom. The number of amides is 2. The highest BCUT2D eigenvalue weighted by atomic mass is 79.9. The van der Waals surface area contributed by atoms with E-state index in [2.05, 4.69) is 31.4 Å². The number of amidine groups is 1. The quantitative estimate of drug-likeness (QED) is 0.122. The Bertz CT molecular complexity index is 1580. The molecule has 0 atom stereocenters. The van der Waals surface area contributed by atoms with Crippen LogP contribution in [0.25, 0.3) is 6.08 Å². The molecule has 0 radical (unpaired) electrons. The number of furan rings is 1. The lowest BCUT2D eigenvalue weighted by atomic mass is 10.2. The second-order valence-corrected chi connectivity index (χ2v) is 11.5. The van der Waals surface area contributed by atoms with Crippen LogP contribution in [-0.2, 0) is 16.1 Å². The molecule has 1 aliphatic heterocycles. The standard InChI is InChI=1S/C29H23BrN4O4S2/c1-19-6-9-22(10-7-19)32-27(35)18-38-25-11-8-21(30)14-20(25)15-26-28(36)34(17-23-4-2-12-37-23)29(40-26)33-31-16-24-5-3-13-39-24/h2-16H,17-18H2,1H3,(H,32,35)/b26-15-,31-16-,33-29+. The third-order valence-corrected chi connectivity index (χ3v) is 7.90. The minimum absolute atomic E-state index is 0.193. The number of halogens is 1. The molecule has 0 bridgehead atoms. The highest BCUT2D eigenvalue weighted by Gasteiger charge is 2.34. The van der Waals surface area contributed by atoms with Gasteiger partial charge in [-0.25, -0.2) is 0 Å². The van der Waals surface area contributed by atoms with Crippen molar-refractivity contribution in [2.75, 3.05) is 11.9 Å². The molecule has 11 heteroatoms. The Balaban J connectivity index is 1.35. The zero-order valence-electron chi connectivity index (χ0n) is 21.2. The molecule has 0 saturated carbocycles. The van der Waals surface area contributed by atoms with Crippen molar-refractivity contribution in [1.29, 1.82) is 0 Å². The van der Waals surface area contributed by atoms with Gasteiger partial charge in [0.15, 0.2) is 11.8 Å². The van der Waals surface area contributed by atoms with E-state index in [0.717, 1.165) is 14.9 Å². The molecule has 5 rings (SSSR count). The third-order valence-electron chi connectivity index (χ3n) is 5.61. The lowest BCUT2D eigenvalue weighted by Crippen LogP contribution is -2.28. The van der Waals surface area contributed by atoms with E-state index in [9.17, 15) is 9.59 Å². The molecule has 0 spiro atoms. The first kappa shape index (κ1) is 27.6. The summed E-state index contributed by atoms with van der Waals surface area (Å²) in [6.45, 7) is 2.00. The van der Waals surface area contributed by atoms with E-state index in [0.29, 0.717) is 32.8 Å². The number of thioether (sulfide) groups is 1. The van der Waals surface area contributed by atoms with Crippen molar-refractivity contribution in [3.63, 3.8) is 0 Å². The molecule has 40 heavy (non-hydrogen) atoms. The van der Waals surface area contributed by atoms with Gasteiger partial charge in [-0.15, -0.1) is 16.4 Å². The maximum atomic E-state index is 13.5. The number of carbonyl (C=O) groups is 2. The van der Waals surface area contributed by atoms with Gasteiger partial charge < -0.3 is 14.5 Å². The summed E-state index contributed by atoms with van der Waals surface area (Å²) in [5.41, 5.74) is 2.43. The van der Waals surface area contributed by atoms with Crippen molar-refractivity contribution in [3.8, 4) is 5.75 Å². The Morgan fingerprint density at radius 1 is 1.15 bits per heavy atom.